The van der Waals surface area contributed by atoms with E-state index in [2.05, 4.69) is 21.9 Å². The van der Waals surface area contributed by atoms with Crippen molar-refractivity contribution in [2.45, 2.75) is 20.3 Å². The van der Waals surface area contributed by atoms with E-state index >= 15 is 0 Å². The molecule has 0 spiro atoms. The van der Waals surface area contributed by atoms with Crippen LogP contribution in [-0.2, 0) is 6.42 Å². The Morgan fingerprint density at radius 3 is 2.62 bits per heavy atom. The summed E-state index contributed by atoms with van der Waals surface area (Å²) in [6, 6.07) is 9.06. The number of nitrogens with zero attached hydrogens (tertiary/aromatic N) is 2. The molecule has 0 aliphatic heterocycles. The van der Waals surface area contributed by atoms with Crippen molar-refractivity contribution < 1.29 is 14.0 Å². The third kappa shape index (κ3) is 6.65. The predicted octanol–water partition coefficient (Wildman–Crippen LogP) is 4.08. The van der Waals surface area contributed by atoms with Crippen LogP contribution in [0.3, 0.4) is 0 Å². The van der Waals surface area contributed by atoms with Gasteiger partial charge < -0.3 is 11.1 Å². The molecule has 0 saturated heterocycles. The van der Waals surface area contributed by atoms with Crippen LogP contribution in [-0.4, -0.2) is 35.8 Å². The zero-order valence-corrected chi connectivity index (χ0v) is 18.5. The first kappa shape index (κ1) is 24.6. The van der Waals surface area contributed by atoms with E-state index in [1.807, 2.05) is 19.1 Å². The van der Waals surface area contributed by atoms with Crippen molar-refractivity contribution in [2.75, 3.05) is 13.6 Å². The van der Waals surface area contributed by atoms with Crippen LogP contribution in [0.15, 0.2) is 66.8 Å². The van der Waals surface area contributed by atoms with Crippen LogP contribution in [0.1, 0.15) is 44.5 Å². The van der Waals surface area contributed by atoms with Crippen LogP contribution in [0.2, 0.25) is 0 Å². The third-order valence-corrected chi connectivity index (χ3v) is 4.64. The number of hydrogen-bond acceptors (Lipinski definition) is 5. The second-order valence-corrected chi connectivity index (χ2v) is 7.33. The maximum absolute atomic E-state index is 12.4. The quantitative estimate of drug-likeness (QED) is 0.431. The van der Waals surface area contributed by atoms with E-state index < -0.39 is 5.91 Å². The number of nitrogens with one attached hydrogen (secondary N) is 1. The predicted molar refractivity (Wildman–Crippen MR) is 125 cm³/mol. The summed E-state index contributed by atoms with van der Waals surface area (Å²) in [4.78, 5) is 31.2. The summed E-state index contributed by atoms with van der Waals surface area (Å²) in [6.07, 6.45) is 5.82. The number of likely N-dealkylation sites (N-methyl/N-ethyl adjacent to an activating group) is 1. The Morgan fingerprint density at radius 1 is 1.25 bits per heavy atom. The van der Waals surface area contributed by atoms with Crippen molar-refractivity contribution in [3.63, 3.8) is 0 Å². The number of pyridine rings is 2. The minimum absolute atomic E-state index is 0.232. The highest BCUT2D eigenvalue weighted by Crippen LogP contribution is 2.22. The van der Waals surface area contributed by atoms with E-state index in [0.29, 0.717) is 35.2 Å². The van der Waals surface area contributed by atoms with Gasteiger partial charge in [-0.1, -0.05) is 6.58 Å². The lowest BCUT2D eigenvalue weighted by molar-refractivity contribution is 0.100. The van der Waals surface area contributed by atoms with Crippen LogP contribution in [0.25, 0.3) is 10.9 Å². The van der Waals surface area contributed by atoms with Gasteiger partial charge in [0.25, 0.3) is 5.91 Å². The fourth-order valence-corrected chi connectivity index (χ4v) is 3.11. The minimum Gasteiger partial charge on any atom is -0.366 e. The second kappa shape index (κ2) is 11.6. The highest BCUT2D eigenvalue weighted by molar-refractivity contribution is 6.05. The number of amides is 1. The lowest BCUT2D eigenvalue weighted by atomic mass is 10.00. The zero-order valence-electron chi connectivity index (χ0n) is 18.5. The van der Waals surface area contributed by atoms with Crippen LogP contribution in [0.5, 0.6) is 0 Å². The van der Waals surface area contributed by atoms with Crippen LogP contribution >= 0.6 is 0 Å². The summed E-state index contributed by atoms with van der Waals surface area (Å²) < 4.78 is 12.4. The maximum Gasteiger partial charge on any atom is 0.250 e. The van der Waals surface area contributed by atoms with E-state index in [4.69, 9.17) is 5.73 Å². The number of rotatable bonds is 7. The summed E-state index contributed by atoms with van der Waals surface area (Å²) in [7, 11) is 1.78. The van der Waals surface area contributed by atoms with Crippen LogP contribution in [0, 0.1) is 6.92 Å². The number of allylic oxidation sites excluding steroid dienone is 2. The fraction of sp³-hybridized carbons (Fsp3) is 0.200. The van der Waals surface area contributed by atoms with Crippen LogP contribution < -0.4 is 11.1 Å². The van der Waals surface area contributed by atoms with Gasteiger partial charge in [-0.2, -0.15) is 0 Å². The minimum atomic E-state index is -0.511. The number of carbonyl (C=O) groups excluding carboxylic acids is 2. The molecule has 0 saturated carbocycles. The molecule has 0 atom stereocenters. The number of hydrogen-bond donors (Lipinski definition) is 2. The normalized spacial score (nSPS) is 11.2. The smallest absolute Gasteiger partial charge is 0.250 e. The Morgan fingerprint density at radius 2 is 2.00 bits per heavy atom. The van der Waals surface area contributed by atoms with Crippen molar-refractivity contribution >= 4 is 23.1 Å². The number of halogens is 1. The Kier molecular flexibility index (Phi) is 8.92. The van der Waals surface area contributed by atoms with Crippen molar-refractivity contribution in [2.24, 2.45) is 5.73 Å². The SMILES string of the molecule is C=C/C(F)=C(\C)CNC.Cc1cnc2c(C(N)=O)cc(Cc3cc(C=O)ccn3)cc2c1. The Bertz CT molecular complexity index is 1170. The maximum atomic E-state index is 12.4. The molecule has 166 valence electrons. The third-order valence-electron chi connectivity index (χ3n) is 4.64. The van der Waals surface area contributed by atoms with E-state index in [0.717, 1.165) is 28.5 Å². The van der Waals surface area contributed by atoms with E-state index in [9.17, 15) is 14.0 Å². The summed E-state index contributed by atoms with van der Waals surface area (Å²) >= 11 is 0. The number of benzene rings is 1. The molecule has 1 amide bonds. The molecule has 0 aliphatic rings. The molecular formula is C25H27FN4O2. The van der Waals surface area contributed by atoms with Gasteiger partial charge in [-0.3, -0.25) is 19.6 Å². The average Bonchev–Trinajstić information content (AvgIpc) is 2.78. The first-order valence-electron chi connectivity index (χ1n) is 10.0. The van der Waals surface area contributed by atoms with Gasteiger partial charge in [0.05, 0.1) is 11.1 Å². The van der Waals surface area contributed by atoms with Gasteiger partial charge in [-0.25, -0.2) is 4.39 Å². The summed E-state index contributed by atoms with van der Waals surface area (Å²) in [5.41, 5.74) is 10.4. The fourth-order valence-electron chi connectivity index (χ4n) is 3.11. The number of fused-ring (bicyclic) bond motifs is 1. The van der Waals surface area contributed by atoms with Gasteiger partial charge in [0.15, 0.2) is 0 Å². The Balaban J connectivity index is 0.000000344. The number of carbonyl (C=O) groups is 2. The molecule has 2 aromatic heterocycles. The highest BCUT2D eigenvalue weighted by Gasteiger charge is 2.11. The van der Waals surface area contributed by atoms with Gasteiger partial charge in [0, 0.05) is 42.0 Å². The highest BCUT2D eigenvalue weighted by atomic mass is 19.1. The van der Waals surface area contributed by atoms with Gasteiger partial charge in [0.1, 0.15) is 12.1 Å². The monoisotopic (exact) mass is 434 g/mol. The molecule has 0 radical (unpaired) electrons. The Labute approximate surface area is 187 Å². The molecular weight excluding hydrogens is 407 g/mol. The lowest BCUT2D eigenvalue weighted by Gasteiger charge is -2.08. The van der Waals surface area contributed by atoms with E-state index in [1.165, 1.54) is 6.08 Å². The lowest BCUT2D eigenvalue weighted by Crippen LogP contribution is -2.13. The van der Waals surface area contributed by atoms with Crippen molar-refractivity contribution in [3.8, 4) is 0 Å². The standard InChI is InChI=1S/C18H15N3O2.C7H12FN/c1-11-4-14-5-13(7-15-6-12(10-22)2-3-20-15)8-16(18(19)23)17(14)21-9-11;1-4-7(8)6(2)5-9-3/h2-6,8-10H,7H2,1H3,(H2,19,23);4,9H,1,5H2,2-3H3/b;7-6-. The van der Waals surface area contributed by atoms with Gasteiger partial charge in [0.2, 0.25) is 0 Å². The molecule has 7 heteroatoms. The van der Waals surface area contributed by atoms with Crippen LogP contribution in [0.4, 0.5) is 4.39 Å². The van der Waals surface area contributed by atoms with Crippen molar-refractivity contribution in [1.29, 1.82) is 0 Å². The molecule has 3 N–H and O–H groups in total. The average molecular weight is 435 g/mol. The number of aldehydes is 1. The molecule has 0 bridgehead atoms. The molecule has 0 unspecified atom stereocenters. The number of aryl methyl sites for hydroxylation is 1. The summed E-state index contributed by atoms with van der Waals surface area (Å²) in [5, 5.41) is 3.70. The molecule has 3 aromatic rings. The Hall–Kier alpha value is -3.71. The topological polar surface area (TPSA) is 98.0 Å². The van der Waals surface area contributed by atoms with Crippen molar-refractivity contribution in [3.05, 3.63) is 94.7 Å². The van der Waals surface area contributed by atoms with E-state index in [-0.39, 0.29) is 5.83 Å². The van der Waals surface area contributed by atoms with Crippen molar-refractivity contribution in [1.82, 2.24) is 15.3 Å². The van der Waals surface area contributed by atoms with E-state index in [1.54, 1.807) is 44.6 Å². The molecule has 1 aromatic carbocycles. The first-order valence-corrected chi connectivity index (χ1v) is 10.0. The summed E-state index contributed by atoms with van der Waals surface area (Å²) in [5.74, 6) is -0.743. The van der Waals surface area contributed by atoms with Gasteiger partial charge >= 0.3 is 0 Å². The largest absolute Gasteiger partial charge is 0.366 e. The first-order chi connectivity index (χ1) is 15.3. The number of nitrogens with two attached hydrogens (primary N) is 1. The molecule has 0 fully saturated rings. The molecule has 32 heavy (non-hydrogen) atoms. The molecule has 0 aliphatic carbocycles. The number of primary amides is 1. The molecule has 3 rings (SSSR count). The van der Waals surface area contributed by atoms with Gasteiger partial charge in [-0.15, -0.1) is 0 Å². The second-order valence-electron chi connectivity index (χ2n) is 7.33. The van der Waals surface area contributed by atoms with Gasteiger partial charge in [-0.05, 0) is 74.0 Å². The zero-order chi connectivity index (χ0) is 23.7. The number of aromatic nitrogens is 2. The summed E-state index contributed by atoms with van der Waals surface area (Å²) in [6.45, 7) is 7.56. The molecule has 2 heterocycles. The molecule has 6 nitrogen and oxygen atoms in total.